The number of rotatable bonds is 3. The first kappa shape index (κ1) is 7.31. The van der Waals surface area contributed by atoms with Gasteiger partial charge in [-0.2, -0.15) is 0 Å². The molecular formula is C7H12N2O. The molecule has 0 aromatic carbocycles. The molecule has 0 aliphatic rings. The molecule has 0 radical (unpaired) electrons. The molecule has 3 nitrogen and oxygen atoms in total. The second-order valence-corrected chi connectivity index (χ2v) is 2.20. The van der Waals surface area contributed by atoms with Crippen LogP contribution in [0.2, 0.25) is 0 Å². The topological polar surface area (TPSA) is 48.0 Å². The van der Waals surface area contributed by atoms with Gasteiger partial charge < -0.3 is 15.4 Å². The maximum absolute atomic E-state index is 9.32. The third kappa shape index (κ3) is 1.59. The van der Waals surface area contributed by atoms with Gasteiger partial charge in [-0.3, -0.25) is 0 Å². The second-order valence-electron chi connectivity index (χ2n) is 2.20. The highest BCUT2D eigenvalue weighted by Gasteiger charge is 2.04. The van der Waals surface area contributed by atoms with Crippen LogP contribution in [0.15, 0.2) is 18.3 Å². The molecule has 10 heavy (non-hydrogen) atoms. The van der Waals surface area contributed by atoms with E-state index in [9.17, 15) is 5.11 Å². The van der Waals surface area contributed by atoms with Gasteiger partial charge in [0.2, 0.25) is 0 Å². The van der Waals surface area contributed by atoms with E-state index in [4.69, 9.17) is 0 Å². The Kier molecular flexibility index (Phi) is 2.48. The number of hydrogen-bond donors (Lipinski definition) is 3. The van der Waals surface area contributed by atoms with Crippen molar-refractivity contribution in [2.24, 2.45) is 0 Å². The molecule has 0 saturated heterocycles. The van der Waals surface area contributed by atoms with E-state index >= 15 is 0 Å². The van der Waals surface area contributed by atoms with Gasteiger partial charge in [0.25, 0.3) is 0 Å². The van der Waals surface area contributed by atoms with E-state index in [0.29, 0.717) is 6.54 Å². The van der Waals surface area contributed by atoms with Gasteiger partial charge in [0.1, 0.15) is 6.10 Å². The molecule has 0 fully saturated rings. The lowest BCUT2D eigenvalue weighted by Crippen LogP contribution is -2.16. The molecule has 0 amide bonds. The van der Waals surface area contributed by atoms with Gasteiger partial charge in [0, 0.05) is 18.4 Å². The van der Waals surface area contributed by atoms with E-state index in [1.54, 1.807) is 6.20 Å². The maximum atomic E-state index is 9.32. The molecule has 0 saturated carbocycles. The molecule has 1 unspecified atom stereocenters. The number of aliphatic hydroxyl groups is 1. The van der Waals surface area contributed by atoms with Gasteiger partial charge >= 0.3 is 0 Å². The first-order valence-corrected chi connectivity index (χ1v) is 3.30. The highest BCUT2D eigenvalue weighted by atomic mass is 16.3. The maximum Gasteiger partial charge on any atom is 0.106 e. The summed E-state index contributed by atoms with van der Waals surface area (Å²) in [4.78, 5) is 2.93. The summed E-state index contributed by atoms with van der Waals surface area (Å²) >= 11 is 0. The van der Waals surface area contributed by atoms with Crippen molar-refractivity contribution in [1.29, 1.82) is 0 Å². The monoisotopic (exact) mass is 140 g/mol. The molecule has 56 valence electrons. The number of likely N-dealkylation sites (N-methyl/N-ethyl adjacent to an activating group) is 1. The van der Waals surface area contributed by atoms with Gasteiger partial charge in [-0.25, -0.2) is 0 Å². The van der Waals surface area contributed by atoms with Crippen molar-refractivity contribution in [1.82, 2.24) is 10.3 Å². The van der Waals surface area contributed by atoms with Gasteiger partial charge in [0.15, 0.2) is 0 Å². The molecule has 1 rings (SSSR count). The van der Waals surface area contributed by atoms with Gasteiger partial charge in [0.05, 0.1) is 0 Å². The number of hydrogen-bond acceptors (Lipinski definition) is 2. The summed E-state index contributed by atoms with van der Waals surface area (Å²) in [5.74, 6) is 0. The third-order valence-corrected chi connectivity index (χ3v) is 1.38. The van der Waals surface area contributed by atoms with Crippen molar-refractivity contribution < 1.29 is 5.11 Å². The van der Waals surface area contributed by atoms with Crippen molar-refractivity contribution in [3.63, 3.8) is 0 Å². The number of nitrogens with one attached hydrogen (secondary N) is 2. The van der Waals surface area contributed by atoms with E-state index in [1.165, 1.54) is 0 Å². The Balaban J connectivity index is 2.50. The summed E-state index contributed by atoms with van der Waals surface area (Å²) in [6, 6.07) is 3.73. The van der Waals surface area contributed by atoms with E-state index in [-0.39, 0.29) is 0 Å². The number of aliphatic hydroxyl groups excluding tert-OH is 1. The van der Waals surface area contributed by atoms with Crippen molar-refractivity contribution in [3.8, 4) is 0 Å². The Bertz CT molecular complexity index is 172. The Morgan fingerprint density at radius 3 is 3.10 bits per heavy atom. The Labute approximate surface area is 60.1 Å². The van der Waals surface area contributed by atoms with Crippen LogP contribution in [0.25, 0.3) is 0 Å². The molecule has 3 heteroatoms. The fourth-order valence-electron chi connectivity index (χ4n) is 0.855. The molecule has 3 N–H and O–H groups in total. The van der Waals surface area contributed by atoms with Crippen LogP contribution in [0.4, 0.5) is 0 Å². The van der Waals surface area contributed by atoms with Crippen molar-refractivity contribution in [2.45, 2.75) is 6.10 Å². The predicted molar refractivity (Wildman–Crippen MR) is 39.7 cm³/mol. The van der Waals surface area contributed by atoms with Crippen LogP contribution >= 0.6 is 0 Å². The van der Waals surface area contributed by atoms with Gasteiger partial charge in [-0.15, -0.1) is 0 Å². The number of aromatic amines is 1. The average molecular weight is 140 g/mol. The van der Waals surface area contributed by atoms with Crippen LogP contribution in [0.5, 0.6) is 0 Å². The van der Waals surface area contributed by atoms with Gasteiger partial charge in [-0.1, -0.05) is 0 Å². The fourth-order valence-corrected chi connectivity index (χ4v) is 0.855. The zero-order valence-electron chi connectivity index (χ0n) is 5.96. The lowest BCUT2D eigenvalue weighted by molar-refractivity contribution is 0.173. The van der Waals surface area contributed by atoms with Crippen molar-refractivity contribution in [3.05, 3.63) is 24.0 Å². The van der Waals surface area contributed by atoms with Crippen LogP contribution in [0, 0.1) is 0 Å². The Morgan fingerprint density at radius 1 is 1.80 bits per heavy atom. The summed E-state index contributed by atoms with van der Waals surface area (Å²) in [5.41, 5.74) is 0.856. The smallest absolute Gasteiger partial charge is 0.106 e. The quantitative estimate of drug-likeness (QED) is 0.564. The largest absolute Gasteiger partial charge is 0.386 e. The van der Waals surface area contributed by atoms with Crippen LogP contribution in [-0.2, 0) is 0 Å². The summed E-state index contributed by atoms with van der Waals surface area (Å²) < 4.78 is 0. The van der Waals surface area contributed by atoms with Crippen LogP contribution < -0.4 is 5.32 Å². The molecule has 0 aliphatic heterocycles. The zero-order valence-corrected chi connectivity index (χ0v) is 5.96. The van der Waals surface area contributed by atoms with E-state index < -0.39 is 6.10 Å². The fraction of sp³-hybridized carbons (Fsp3) is 0.429. The molecule has 0 aliphatic carbocycles. The van der Waals surface area contributed by atoms with E-state index in [1.807, 2.05) is 19.2 Å². The first-order valence-electron chi connectivity index (χ1n) is 3.30. The normalized spacial score (nSPS) is 13.4. The highest BCUT2D eigenvalue weighted by molar-refractivity contribution is 5.06. The zero-order chi connectivity index (χ0) is 7.40. The molecule has 0 bridgehead atoms. The lowest BCUT2D eigenvalue weighted by atomic mass is 10.2. The SMILES string of the molecule is CNCC(O)c1ccc[nH]1. The number of aromatic nitrogens is 1. The summed E-state index contributed by atoms with van der Waals surface area (Å²) in [5, 5.41) is 12.2. The predicted octanol–water partition coefficient (Wildman–Crippen LogP) is 0.268. The molecule has 1 aromatic heterocycles. The van der Waals surface area contributed by atoms with Crippen LogP contribution in [-0.4, -0.2) is 23.7 Å². The van der Waals surface area contributed by atoms with Crippen LogP contribution in [0.3, 0.4) is 0 Å². The third-order valence-electron chi connectivity index (χ3n) is 1.38. The lowest BCUT2D eigenvalue weighted by Gasteiger charge is -2.06. The first-order chi connectivity index (χ1) is 4.84. The van der Waals surface area contributed by atoms with Crippen molar-refractivity contribution >= 4 is 0 Å². The Hall–Kier alpha value is -0.800. The summed E-state index contributed by atoms with van der Waals surface area (Å²) in [6.45, 7) is 0.584. The van der Waals surface area contributed by atoms with Gasteiger partial charge in [-0.05, 0) is 19.2 Å². The molecule has 1 heterocycles. The second kappa shape index (κ2) is 3.39. The molecular weight excluding hydrogens is 128 g/mol. The molecule has 1 aromatic rings. The van der Waals surface area contributed by atoms with E-state index in [0.717, 1.165) is 5.69 Å². The highest BCUT2D eigenvalue weighted by Crippen LogP contribution is 2.06. The Morgan fingerprint density at radius 2 is 2.60 bits per heavy atom. The van der Waals surface area contributed by atoms with Crippen molar-refractivity contribution in [2.75, 3.05) is 13.6 Å². The minimum absolute atomic E-state index is 0.417. The minimum Gasteiger partial charge on any atom is -0.386 e. The molecule has 1 atom stereocenters. The average Bonchev–Trinajstić information content (AvgIpc) is 2.38. The summed E-state index contributed by atoms with van der Waals surface area (Å²) in [6.07, 6.45) is 1.38. The number of H-pyrrole nitrogens is 1. The molecule has 0 spiro atoms. The standard InChI is InChI=1S/C7H12N2O/c1-8-5-7(10)6-3-2-4-9-6/h2-4,7-10H,5H2,1H3. The van der Waals surface area contributed by atoms with E-state index in [2.05, 4.69) is 10.3 Å². The van der Waals surface area contributed by atoms with Crippen LogP contribution in [0.1, 0.15) is 11.8 Å². The summed E-state index contributed by atoms with van der Waals surface area (Å²) in [7, 11) is 1.81. The minimum atomic E-state index is -0.417.